The van der Waals surface area contributed by atoms with Gasteiger partial charge in [0.1, 0.15) is 0 Å². The van der Waals surface area contributed by atoms with Gasteiger partial charge in [0.25, 0.3) is 10.1 Å². The number of hydrogen-bond acceptors (Lipinski definition) is 2. The van der Waals surface area contributed by atoms with Crippen molar-refractivity contribution >= 4 is 10.1 Å². The standard InChI is InChI=1S/C16H32O3S/c1-3-16(2)13-9-5-4-7-11-15(20(17,18)19)12-8-6-10-14-16/h15H,3-14H2,1-2H3,(H,17,18,19). The largest absolute Gasteiger partial charge is 0.285 e. The fourth-order valence-electron chi connectivity index (χ4n) is 3.30. The highest BCUT2D eigenvalue weighted by Crippen LogP contribution is 2.35. The Labute approximate surface area is 125 Å². The molecule has 2 unspecified atom stereocenters. The molecule has 1 N–H and O–H groups in total. The van der Waals surface area contributed by atoms with E-state index in [1.54, 1.807) is 0 Å². The summed E-state index contributed by atoms with van der Waals surface area (Å²) in [5.74, 6) is 0. The Morgan fingerprint density at radius 3 is 1.85 bits per heavy atom. The molecule has 1 aliphatic carbocycles. The molecule has 0 spiro atoms. The summed E-state index contributed by atoms with van der Waals surface area (Å²) in [6, 6.07) is 0. The van der Waals surface area contributed by atoms with Crippen molar-refractivity contribution in [2.75, 3.05) is 0 Å². The van der Waals surface area contributed by atoms with Crippen LogP contribution in [0.4, 0.5) is 0 Å². The Morgan fingerprint density at radius 1 is 0.950 bits per heavy atom. The highest BCUT2D eigenvalue weighted by Gasteiger charge is 2.24. The lowest BCUT2D eigenvalue weighted by Crippen LogP contribution is -2.20. The molecule has 120 valence electrons. The van der Waals surface area contributed by atoms with E-state index in [-0.39, 0.29) is 0 Å². The summed E-state index contributed by atoms with van der Waals surface area (Å²) < 4.78 is 32.0. The van der Waals surface area contributed by atoms with Gasteiger partial charge in [0.2, 0.25) is 0 Å². The van der Waals surface area contributed by atoms with Crippen LogP contribution in [0.3, 0.4) is 0 Å². The summed E-state index contributed by atoms with van der Waals surface area (Å²) in [6.45, 7) is 4.68. The molecule has 0 bridgehead atoms. The van der Waals surface area contributed by atoms with E-state index in [0.29, 0.717) is 18.3 Å². The van der Waals surface area contributed by atoms with Crippen molar-refractivity contribution in [2.24, 2.45) is 5.41 Å². The second kappa shape index (κ2) is 8.38. The Balaban J connectivity index is 2.56. The first-order valence-electron chi connectivity index (χ1n) is 8.34. The van der Waals surface area contributed by atoms with Gasteiger partial charge in [-0.3, -0.25) is 4.55 Å². The molecule has 1 aliphatic rings. The molecule has 3 nitrogen and oxygen atoms in total. The second-order valence-electron chi connectivity index (χ2n) is 6.85. The molecular weight excluding hydrogens is 272 g/mol. The van der Waals surface area contributed by atoms with Gasteiger partial charge >= 0.3 is 0 Å². The number of rotatable bonds is 2. The third-order valence-electron chi connectivity index (χ3n) is 5.14. The van der Waals surface area contributed by atoms with E-state index in [0.717, 1.165) is 25.7 Å². The molecule has 0 saturated heterocycles. The molecule has 0 aromatic carbocycles. The molecule has 2 atom stereocenters. The van der Waals surface area contributed by atoms with E-state index in [2.05, 4.69) is 13.8 Å². The zero-order valence-corrected chi connectivity index (χ0v) is 14.1. The Morgan fingerprint density at radius 2 is 1.40 bits per heavy atom. The fourth-order valence-corrected chi connectivity index (χ4v) is 4.23. The SMILES string of the molecule is CCC1(C)CCCCCCC(S(=O)(=O)O)CCCCC1. The summed E-state index contributed by atoms with van der Waals surface area (Å²) >= 11 is 0. The van der Waals surface area contributed by atoms with E-state index in [9.17, 15) is 13.0 Å². The van der Waals surface area contributed by atoms with Crippen LogP contribution < -0.4 is 0 Å². The van der Waals surface area contributed by atoms with E-state index in [1.165, 1.54) is 38.5 Å². The summed E-state index contributed by atoms with van der Waals surface area (Å²) in [4.78, 5) is 0. The van der Waals surface area contributed by atoms with E-state index in [4.69, 9.17) is 0 Å². The molecule has 0 aromatic rings. The molecule has 1 rings (SSSR count). The van der Waals surface area contributed by atoms with Crippen molar-refractivity contribution in [3.63, 3.8) is 0 Å². The summed E-state index contributed by atoms with van der Waals surface area (Å²) in [5, 5.41) is -0.527. The molecule has 0 aliphatic heterocycles. The summed E-state index contributed by atoms with van der Waals surface area (Å²) in [5.41, 5.74) is 0.469. The lowest BCUT2D eigenvalue weighted by molar-refractivity contribution is 0.242. The molecule has 0 aromatic heterocycles. The van der Waals surface area contributed by atoms with Gasteiger partial charge in [0.05, 0.1) is 5.25 Å². The smallest absolute Gasteiger partial charge is 0.267 e. The maximum Gasteiger partial charge on any atom is 0.267 e. The second-order valence-corrected chi connectivity index (χ2v) is 8.55. The maximum atomic E-state index is 11.4. The van der Waals surface area contributed by atoms with Crippen molar-refractivity contribution in [3.8, 4) is 0 Å². The Kier molecular flexibility index (Phi) is 7.52. The van der Waals surface area contributed by atoms with Crippen LogP contribution in [0.2, 0.25) is 0 Å². The van der Waals surface area contributed by atoms with Crippen LogP contribution in [0.5, 0.6) is 0 Å². The molecule has 0 amide bonds. The zero-order chi connectivity index (χ0) is 15.1. The van der Waals surface area contributed by atoms with Gasteiger partial charge < -0.3 is 0 Å². The highest BCUT2D eigenvalue weighted by atomic mass is 32.2. The molecular formula is C16H32O3S. The highest BCUT2D eigenvalue weighted by molar-refractivity contribution is 7.86. The van der Waals surface area contributed by atoms with Crippen molar-refractivity contribution in [2.45, 2.75) is 96.1 Å². The third kappa shape index (κ3) is 6.57. The lowest BCUT2D eigenvalue weighted by Gasteiger charge is -2.28. The minimum Gasteiger partial charge on any atom is -0.285 e. The first-order chi connectivity index (χ1) is 9.37. The quantitative estimate of drug-likeness (QED) is 0.733. The average molecular weight is 304 g/mol. The third-order valence-corrected chi connectivity index (χ3v) is 6.45. The molecule has 4 heteroatoms. The maximum absolute atomic E-state index is 11.4. The van der Waals surface area contributed by atoms with Gasteiger partial charge in [0, 0.05) is 0 Å². The van der Waals surface area contributed by atoms with Gasteiger partial charge in [0.15, 0.2) is 0 Å². The topological polar surface area (TPSA) is 54.4 Å². The molecule has 20 heavy (non-hydrogen) atoms. The van der Waals surface area contributed by atoms with Crippen LogP contribution in [0, 0.1) is 5.41 Å². The lowest BCUT2D eigenvalue weighted by atomic mass is 9.78. The monoisotopic (exact) mass is 304 g/mol. The first-order valence-corrected chi connectivity index (χ1v) is 9.84. The molecule has 1 fully saturated rings. The molecule has 0 radical (unpaired) electrons. The van der Waals surface area contributed by atoms with Crippen LogP contribution >= 0.6 is 0 Å². The van der Waals surface area contributed by atoms with Crippen LogP contribution in [-0.4, -0.2) is 18.2 Å². The molecule has 0 heterocycles. The van der Waals surface area contributed by atoms with Gasteiger partial charge in [-0.1, -0.05) is 65.2 Å². The van der Waals surface area contributed by atoms with Crippen LogP contribution in [0.25, 0.3) is 0 Å². The Bertz CT molecular complexity index is 364. The van der Waals surface area contributed by atoms with Crippen molar-refractivity contribution in [1.82, 2.24) is 0 Å². The van der Waals surface area contributed by atoms with Gasteiger partial charge in [-0.2, -0.15) is 8.42 Å². The zero-order valence-electron chi connectivity index (χ0n) is 13.2. The van der Waals surface area contributed by atoms with E-state index >= 15 is 0 Å². The predicted octanol–water partition coefficient (Wildman–Crippen LogP) is 4.96. The Hall–Kier alpha value is -0.0900. The minimum absolute atomic E-state index is 0.469. The van der Waals surface area contributed by atoms with Crippen LogP contribution in [0.15, 0.2) is 0 Å². The van der Waals surface area contributed by atoms with E-state index < -0.39 is 15.4 Å². The van der Waals surface area contributed by atoms with Crippen molar-refractivity contribution < 1.29 is 13.0 Å². The normalized spacial score (nSPS) is 31.9. The first kappa shape index (κ1) is 18.0. The summed E-state index contributed by atoms with van der Waals surface area (Å²) in [6.07, 6.45) is 12.7. The number of hydrogen-bond donors (Lipinski definition) is 1. The van der Waals surface area contributed by atoms with E-state index in [1.807, 2.05) is 0 Å². The average Bonchev–Trinajstić information content (AvgIpc) is 2.39. The van der Waals surface area contributed by atoms with Gasteiger partial charge in [-0.25, -0.2) is 0 Å². The van der Waals surface area contributed by atoms with Crippen LogP contribution in [0.1, 0.15) is 90.9 Å². The minimum atomic E-state index is -3.85. The predicted molar refractivity (Wildman–Crippen MR) is 84.5 cm³/mol. The summed E-state index contributed by atoms with van der Waals surface area (Å²) in [7, 11) is -3.85. The fraction of sp³-hybridized carbons (Fsp3) is 1.00. The van der Waals surface area contributed by atoms with Gasteiger partial charge in [-0.15, -0.1) is 0 Å². The van der Waals surface area contributed by atoms with Gasteiger partial charge in [-0.05, 0) is 31.1 Å². The van der Waals surface area contributed by atoms with Crippen molar-refractivity contribution in [3.05, 3.63) is 0 Å². The van der Waals surface area contributed by atoms with Crippen molar-refractivity contribution in [1.29, 1.82) is 0 Å². The molecule has 1 saturated carbocycles. The van der Waals surface area contributed by atoms with Crippen LogP contribution in [-0.2, 0) is 10.1 Å².